The molecule has 0 unspecified atom stereocenters. The summed E-state index contributed by atoms with van der Waals surface area (Å²) in [4.78, 5) is 16.5. The number of anilines is 2. The number of amides is 1. The molecule has 2 rings (SSSR count). The van der Waals surface area contributed by atoms with Gasteiger partial charge in [0.25, 0.3) is 5.91 Å². The Morgan fingerprint density at radius 1 is 1.38 bits per heavy atom. The van der Waals surface area contributed by atoms with Gasteiger partial charge in [-0.2, -0.15) is 0 Å². The molecule has 110 valence electrons. The lowest BCUT2D eigenvalue weighted by molar-refractivity contribution is 0.102. The highest BCUT2D eigenvalue weighted by Crippen LogP contribution is 2.25. The molecule has 21 heavy (non-hydrogen) atoms. The first-order valence-corrected chi connectivity index (χ1v) is 7.28. The summed E-state index contributed by atoms with van der Waals surface area (Å²) in [7, 11) is 1.58. The number of hydrogen-bond acceptors (Lipinski definition) is 4. The van der Waals surface area contributed by atoms with Gasteiger partial charge < -0.3 is 15.4 Å². The van der Waals surface area contributed by atoms with Crippen LogP contribution < -0.4 is 15.4 Å². The van der Waals surface area contributed by atoms with Gasteiger partial charge in [0.2, 0.25) is 0 Å². The predicted octanol–water partition coefficient (Wildman–Crippen LogP) is 3.54. The lowest BCUT2D eigenvalue weighted by atomic mass is 10.2. The minimum absolute atomic E-state index is 0.223. The zero-order valence-electron chi connectivity index (χ0n) is 11.8. The van der Waals surface area contributed by atoms with Crippen molar-refractivity contribution in [1.29, 1.82) is 0 Å². The van der Waals surface area contributed by atoms with Crippen LogP contribution in [0, 0.1) is 0 Å². The summed E-state index contributed by atoms with van der Waals surface area (Å²) in [6, 6.07) is 8.85. The van der Waals surface area contributed by atoms with E-state index in [0.29, 0.717) is 29.4 Å². The molecule has 2 N–H and O–H groups in total. The van der Waals surface area contributed by atoms with E-state index in [1.54, 1.807) is 31.5 Å². The van der Waals surface area contributed by atoms with E-state index in [9.17, 15) is 4.79 Å². The highest BCUT2D eigenvalue weighted by atomic mass is 79.9. The summed E-state index contributed by atoms with van der Waals surface area (Å²) < 4.78 is 6.01. The molecule has 0 atom stereocenters. The average Bonchev–Trinajstić information content (AvgIpc) is 2.47. The number of carbonyl (C=O) groups excluding carboxylic acids is 1. The second-order valence-electron chi connectivity index (χ2n) is 4.26. The number of nitrogens with zero attached hydrogens (tertiary/aromatic N) is 1. The number of benzene rings is 1. The maximum atomic E-state index is 12.4. The van der Waals surface area contributed by atoms with Crippen LogP contribution in [0.3, 0.4) is 0 Å². The normalized spacial score (nSPS) is 10.0. The Kier molecular flexibility index (Phi) is 5.16. The minimum atomic E-state index is -0.223. The molecular formula is C15H16BrN3O2. The van der Waals surface area contributed by atoms with Gasteiger partial charge in [0.05, 0.1) is 12.7 Å². The van der Waals surface area contributed by atoms with Gasteiger partial charge in [-0.15, -0.1) is 0 Å². The van der Waals surface area contributed by atoms with Crippen molar-refractivity contribution in [2.45, 2.75) is 6.92 Å². The zero-order chi connectivity index (χ0) is 15.2. The molecule has 2 aromatic rings. The van der Waals surface area contributed by atoms with Crippen molar-refractivity contribution in [2.75, 3.05) is 24.3 Å². The number of methoxy groups -OCH3 is 1. The second-order valence-corrected chi connectivity index (χ2v) is 5.18. The van der Waals surface area contributed by atoms with Crippen LogP contribution in [0.5, 0.6) is 5.75 Å². The first-order chi connectivity index (χ1) is 10.1. The Morgan fingerprint density at radius 3 is 2.90 bits per heavy atom. The smallest absolute Gasteiger partial charge is 0.259 e. The molecule has 1 aromatic heterocycles. The Hall–Kier alpha value is -2.08. The first-order valence-electron chi connectivity index (χ1n) is 6.49. The van der Waals surface area contributed by atoms with Gasteiger partial charge in [-0.3, -0.25) is 4.79 Å². The molecule has 1 heterocycles. The standard InChI is InChI=1S/C15H16BrN3O2/c1-3-17-14-13(5-4-6-18-14)15(20)19-11-7-10(16)8-12(9-11)21-2/h4-9H,3H2,1-2H3,(H,17,18)(H,19,20). The van der Waals surface area contributed by atoms with Crippen molar-refractivity contribution >= 4 is 33.3 Å². The summed E-state index contributed by atoms with van der Waals surface area (Å²) in [5, 5.41) is 5.91. The SMILES string of the molecule is CCNc1ncccc1C(=O)Nc1cc(Br)cc(OC)c1. The number of ether oxygens (including phenoxy) is 1. The summed E-state index contributed by atoms with van der Waals surface area (Å²) >= 11 is 3.38. The Bertz CT molecular complexity index is 647. The van der Waals surface area contributed by atoms with Crippen molar-refractivity contribution in [3.05, 3.63) is 46.6 Å². The number of carbonyl (C=O) groups is 1. The van der Waals surface area contributed by atoms with Crippen LogP contribution in [0.15, 0.2) is 41.0 Å². The Labute approximate surface area is 131 Å². The van der Waals surface area contributed by atoms with E-state index < -0.39 is 0 Å². The number of nitrogens with one attached hydrogen (secondary N) is 2. The third kappa shape index (κ3) is 3.95. The maximum absolute atomic E-state index is 12.4. The largest absolute Gasteiger partial charge is 0.497 e. The van der Waals surface area contributed by atoms with Crippen LogP contribution in [0.4, 0.5) is 11.5 Å². The molecule has 6 heteroatoms. The summed E-state index contributed by atoms with van der Waals surface area (Å²) in [5.41, 5.74) is 1.15. The van der Waals surface area contributed by atoms with Gasteiger partial charge in [0.15, 0.2) is 0 Å². The molecule has 5 nitrogen and oxygen atoms in total. The molecule has 0 spiro atoms. The number of hydrogen-bond donors (Lipinski definition) is 2. The molecule has 0 aliphatic carbocycles. The predicted molar refractivity (Wildman–Crippen MR) is 87.0 cm³/mol. The van der Waals surface area contributed by atoms with Gasteiger partial charge >= 0.3 is 0 Å². The van der Waals surface area contributed by atoms with Crippen molar-refractivity contribution in [3.8, 4) is 5.75 Å². The molecule has 1 amide bonds. The van der Waals surface area contributed by atoms with Crippen LogP contribution in [-0.4, -0.2) is 24.5 Å². The lowest BCUT2D eigenvalue weighted by Gasteiger charge is -2.11. The summed E-state index contributed by atoms with van der Waals surface area (Å²) in [5.74, 6) is 1.01. The number of halogens is 1. The van der Waals surface area contributed by atoms with Gasteiger partial charge in [-0.1, -0.05) is 15.9 Å². The van der Waals surface area contributed by atoms with Crippen LogP contribution >= 0.6 is 15.9 Å². The van der Waals surface area contributed by atoms with Crippen molar-refractivity contribution in [3.63, 3.8) is 0 Å². The molecule has 0 fully saturated rings. The second kappa shape index (κ2) is 7.08. The highest BCUT2D eigenvalue weighted by molar-refractivity contribution is 9.10. The van der Waals surface area contributed by atoms with Gasteiger partial charge in [0.1, 0.15) is 11.6 Å². The summed E-state index contributed by atoms with van der Waals surface area (Å²) in [6.45, 7) is 2.65. The van der Waals surface area contributed by atoms with Crippen molar-refractivity contribution < 1.29 is 9.53 Å². The van der Waals surface area contributed by atoms with Crippen molar-refractivity contribution in [2.24, 2.45) is 0 Å². The van der Waals surface area contributed by atoms with E-state index in [4.69, 9.17) is 4.74 Å². The third-order valence-electron chi connectivity index (χ3n) is 2.76. The number of rotatable bonds is 5. The number of pyridine rings is 1. The maximum Gasteiger partial charge on any atom is 0.259 e. The lowest BCUT2D eigenvalue weighted by Crippen LogP contribution is -2.15. The fourth-order valence-electron chi connectivity index (χ4n) is 1.85. The van der Waals surface area contributed by atoms with Crippen LogP contribution in [-0.2, 0) is 0 Å². The summed E-state index contributed by atoms with van der Waals surface area (Å²) in [6.07, 6.45) is 1.65. The van der Waals surface area contributed by atoms with E-state index in [1.165, 1.54) is 0 Å². The molecule has 0 aliphatic rings. The molecule has 0 saturated heterocycles. The monoisotopic (exact) mass is 349 g/mol. The van der Waals surface area contributed by atoms with Gasteiger partial charge in [-0.25, -0.2) is 4.98 Å². The highest BCUT2D eigenvalue weighted by Gasteiger charge is 2.12. The van der Waals surface area contributed by atoms with Gasteiger partial charge in [0, 0.05) is 29.0 Å². The molecule has 0 saturated carbocycles. The van der Waals surface area contributed by atoms with Crippen LogP contribution in [0.25, 0.3) is 0 Å². The average molecular weight is 350 g/mol. The molecule has 0 radical (unpaired) electrons. The minimum Gasteiger partial charge on any atom is -0.497 e. The Morgan fingerprint density at radius 2 is 2.19 bits per heavy atom. The fourth-order valence-corrected chi connectivity index (χ4v) is 2.32. The van der Waals surface area contributed by atoms with E-state index in [0.717, 1.165) is 4.47 Å². The van der Waals surface area contributed by atoms with Crippen molar-refractivity contribution in [1.82, 2.24) is 4.98 Å². The Balaban J connectivity index is 2.24. The first kappa shape index (κ1) is 15.3. The van der Waals surface area contributed by atoms with Crippen LogP contribution in [0.2, 0.25) is 0 Å². The molecule has 1 aromatic carbocycles. The van der Waals surface area contributed by atoms with Crippen LogP contribution in [0.1, 0.15) is 17.3 Å². The quantitative estimate of drug-likeness (QED) is 0.866. The number of aromatic nitrogens is 1. The molecule has 0 bridgehead atoms. The van der Waals surface area contributed by atoms with Gasteiger partial charge in [-0.05, 0) is 31.2 Å². The van der Waals surface area contributed by atoms with E-state index in [1.807, 2.05) is 19.1 Å². The molecule has 0 aliphatic heterocycles. The third-order valence-corrected chi connectivity index (χ3v) is 3.22. The zero-order valence-corrected chi connectivity index (χ0v) is 13.4. The van der Waals surface area contributed by atoms with E-state index in [2.05, 4.69) is 31.5 Å². The molecular weight excluding hydrogens is 334 g/mol. The van der Waals surface area contributed by atoms with E-state index >= 15 is 0 Å². The van der Waals surface area contributed by atoms with E-state index in [-0.39, 0.29) is 5.91 Å². The topological polar surface area (TPSA) is 63.2 Å². The fraction of sp³-hybridized carbons (Fsp3) is 0.200.